The third-order valence-electron chi connectivity index (χ3n) is 4.98. The minimum absolute atomic E-state index is 0.387. The second-order valence-corrected chi connectivity index (χ2v) is 6.62. The van der Waals surface area contributed by atoms with E-state index in [0.717, 1.165) is 55.3 Å². The van der Waals surface area contributed by atoms with Gasteiger partial charge in [-0.25, -0.2) is 4.98 Å². The minimum atomic E-state index is 0.387. The van der Waals surface area contributed by atoms with Gasteiger partial charge in [-0.1, -0.05) is 0 Å². The summed E-state index contributed by atoms with van der Waals surface area (Å²) in [7, 11) is 3.30. The van der Waals surface area contributed by atoms with Crippen molar-refractivity contribution in [3.63, 3.8) is 0 Å². The lowest BCUT2D eigenvalue weighted by Gasteiger charge is -2.20. The van der Waals surface area contributed by atoms with Crippen molar-refractivity contribution in [2.45, 2.75) is 25.3 Å². The maximum absolute atomic E-state index is 5.47. The molecule has 2 N–H and O–H groups in total. The van der Waals surface area contributed by atoms with Crippen molar-refractivity contribution in [2.24, 2.45) is 0 Å². The van der Waals surface area contributed by atoms with Crippen molar-refractivity contribution in [3.05, 3.63) is 12.1 Å². The van der Waals surface area contributed by atoms with Gasteiger partial charge in [0.2, 0.25) is 5.95 Å². The summed E-state index contributed by atoms with van der Waals surface area (Å²) in [5.41, 5.74) is 0.878. The molecule has 0 saturated carbocycles. The second-order valence-electron chi connectivity index (χ2n) is 6.62. The highest BCUT2D eigenvalue weighted by molar-refractivity contribution is 5.93. The zero-order valence-electron chi connectivity index (χ0n) is 14.8. The molecular weight excluding hydrogens is 318 g/mol. The van der Waals surface area contributed by atoms with Crippen molar-refractivity contribution in [1.82, 2.24) is 15.3 Å². The molecule has 7 nitrogen and oxygen atoms in total. The highest BCUT2D eigenvalue weighted by atomic mass is 16.5. The quantitative estimate of drug-likeness (QED) is 0.860. The number of nitrogens with zero attached hydrogens (tertiary/aromatic N) is 3. The van der Waals surface area contributed by atoms with Crippen LogP contribution in [0.5, 0.6) is 11.5 Å². The molecule has 2 aliphatic heterocycles. The first kappa shape index (κ1) is 16.2. The maximum atomic E-state index is 5.47. The lowest BCUT2D eigenvalue weighted by molar-refractivity contribution is 0.356. The number of anilines is 2. The SMILES string of the molecule is COc1cc2nc(N3CCCC3)nc(N[C@@H]3CCNC3)c2cc1OC. The van der Waals surface area contributed by atoms with Gasteiger partial charge >= 0.3 is 0 Å². The first-order valence-corrected chi connectivity index (χ1v) is 8.94. The molecule has 2 fully saturated rings. The number of fused-ring (bicyclic) bond motifs is 1. The van der Waals surface area contributed by atoms with E-state index in [1.165, 1.54) is 12.8 Å². The van der Waals surface area contributed by atoms with E-state index in [4.69, 9.17) is 19.4 Å². The standard InChI is InChI=1S/C18H25N5O2/c1-24-15-9-13-14(10-16(15)25-2)21-18(23-7-3-4-8-23)22-17(13)20-12-5-6-19-11-12/h9-10,12,19H,3-8,11H2,1-2H3,(H,20,21,22)/t12-/m1/s1. The van der Waals surface area contributed by atoms with E-state index in [-0.39, 0.29) is 0 Å². The molecule has 0 amide bonds. The molecule has 0 aliphatic carbocycles. The van der Waals surface area contributed by atoms with E-state index in [9.17, 15) is 0 Å². The van der Waals surface area contributed by atoms with Gasteiger partial charge in [0.1, 0.15) is 5.82 Å². The van der Waals surface area contributed by atoms with Gasteiger partial charge in [-0.15, -0.1) is 0 Å². The molecular formula is C18H25N5O2. The van der Waals surface area contributed by atoms with Gasteiger partial charge in [-0.05, 0) is 31.9 Å². The van der Waals surface area contributed by atoms with Gasteiger partial charge in [-0.2, -0.15) is 4.98 Å². The minimum Gasteiger partial charge on any atom is -0.493 e. The zero-order chi connectivity index (χ0) is 17.2. The van der Waals surface area contributed by atoms with Gasteiger partial charge in [0, 0.05) is 37.1 Å². The lowest BCUT2D eigenvalue weighted by Crippen LogP contribution is -2.25. The summed E-state index contributed by atoms with van der Waals surface area (Å²) >= 11 is 0. The van der Waals surface area contributed by atoms with Crippen molar-refractivity contribution in [1.29, 1.82) is 0 Å². The molecule has 0 radical (unpaired) electrons. The van der Waals surface area contributed by atoms with Crippen LogP contribution in [0.2, 0.25) is 0 Å². The van der Waals surface area contributed by atoms with Crippen LogP contribution in [0.15, 0.2) is 12.1 Å². The fourth-order valence-corrected chi connectivity index (χ4v) is 3.58. The number of hydrogen-bond donors (Lipinski definition) is 2. The monoisotopic (exact) mass is 343 g/mol. The molecule has 0 unspecified atom stereocenters. The maximum Gasteiger partial charge on any atom is 0.227 e. The Morgan fingerprint density at radius 3 is 2.56 bits per heavy atom. The van der Waals surface area contributed by atoms with Crippen LogP contribution in [0.25, 0.3) is 10.9 Å². The normalized spacial score (nSPS) is 20.2. The highest BCUT2D eigenvalue weighted by Gasteiger charge is 2.21. The van der Waals surface area contributed by atoms with Gasteiger partial charge in [0.05, 0.1) is 19.7 Å². The van der Waals surface area contributed by atoms with Crippen molar-refractivity contribution in [3.8, 4) is 11.5 Å². The molecule has 25 heavy (non-hydrogen) atoms. The molecule has 7 heteroatoms. The van der Waals surface area contributed by atoms with Crippen LogP contribution >= 0.6 is 0 Å². The Kier molecular flexibility index (Phi) is 4.48. The van der Waals surface area contributed by atoms with Crippen LogP contribution in [0, 0.1) is 0 Å². The molecule has 0 bridgehead atoms. The summed E-state index contributed by atoms with van der Waals surface area (Å²) in [6.45, 7) is 4.03. The Hall–Kier alpha value is -2.28. The Labute approximate surface area is 147 Å². The summed E-state index contributed by atoms with van der Waals surface area (Å²) < 4.78 is 10.9. The van der Waals surface area contributed by atoms with E-state index >= 15 is 0 Å². The summed E-state index contributed by atoms with van der Waals surface area (Å²) in [5, 5.41) is 7.96. The smallest absolute Gasteiger partial charge is 0.227 e. The van der Waals surface area contributed by atoms with E-state index in [1.807, 2.05) is 12.1 Å². The molecule has 4 rings (SSSR count). The Balaban J connectivity index is 1.81. The van der Waals surface area contributed by atoms with Gasteiger partial charge in [0.15, 0.2) is 11.5 Å². The fraction of sp³-hybridized carbons (Fsp3) is 0.556. The number of aromatic nitrogens is 2. The predicted molar refractivity (Wildman–Crippen MR) is 99.0 cm³/mol. The average Bonchev–Trinajstić information content (AvgIpc) is 3.34. The van der Waals surface area contributed by atoms with E-state index in [2.05, 4.69) is 15.5 Å². The largest absolute Gasteiger partial charge is 0.493 e. The summed E-state index contributed by atoms with van der Waals surface area (Å²) in [6, 6.07) is 4.29. The Morgan fingerprint density at radius 1 is 1.12 bits per heavy atom. The molecule has 0 spiro atoms. The molecule has 1 aromatic carbocycles. The summed E-state index contributed by atoms with van der Waals surface area (Å²) in [5.74, 6) is 3.06. The third kappa shape index (κ3) is 3.16. The van der Waals surface area contributed by atoms with E-state index in [1.54, 1.807) is 14.2 Å². The molecule has 2 aromatic rings. The van der Waals surface area contributed by atoms with Crippen LogP contribution in [-0.4, -0.2) is 56.4 Å². The Morgan fingerprint density at radius 2 is 1.88 bits per heavy atom. The van der Waals surface area contributed by atoms with E-state index < -0.39 is 0 Å². The van der Waals surface area contributed by atoms with Gasteiger partial charge in [0.25, 0.3) is 0 Å². The van der Waals surface area contributed by atoms with Crippen LogP contribution < -0.4 is 25.0 Å². The van der Waals surface area contributed by atoms with Crippen molar-refractivity contribution < 1.29 is 9.47 Å². The van der Waals surface area contributed by atoms with Gasteiger partial charge < -0.3 is 25.0 Å². The number of rotatable bonds is 5. The van der Waals surface area contributed by atoms with Crippen LogP contribution in [0.1, 0.15) is 19.3 Å². The predicted octanol–water partition coefficient (Wildman–Crippen LogP) is 2.02. The van der Waals surface area contributed by atoms with Crippen LogP contribution in [0.3, 0.4) is 0 Å². The molecule has 2 saturated heterocycles. The fourth-order valence-electron chi connectivity index (χ4n) is 3.58. The van der Waals surface area contributed by atoms with Gasteiger partial charge in [-0.3, -0.25) is 0 Å². The zero-order valence-corrected chi connectivity index (χ0v) is 14.8. The molecule has 3 heterocycles. The van der Waals surface area contributed by atoms with Crippen molar-refractivity contribution >= 4 is 22.7 Å². The topological polar surface area (TPSA) is 71.5 Å². The van der Waals surface area contributed by atoms with Crippen LogP contribution in [-0.2, 0) is 0 Å². The lowest BCUT2D eigenvalue weighted by atomic mass is 10.2. The molecule has 1 aromatic heterocycles. The number of methoxy groups -OCH3 is 2. The average molecular weight is 343 g/mol. The molecule has 1 atom stereocenters. The number of benzene rings is 1. The number of ether oxygens (including phenoxy) is 2. The van der Waals surface area contributed by atoms with E-state index in [0.29, 0.717) is 17.5 Å². The Bertz CT molecular complexity index is 755. The summed E-state index contributed by atoms with van der Waals surface area (Å²) in [4.78, 5) is 11.9. The second kappa shape index (κ2) is 6.92. The van der Waals surface area contributed by atoms with Crippen molar-refractivity contribution in [2.75, 3.05) is 50.6 Å². The number of nitrogens with one attached hydrogen (secondary N) is 2. The highest BCUT2D eigenvalue weighted by Crippen LogP contribution is 2.35. The molecule has 134 valence electrons. The van der Waals surface area contributed by atoms with Crippen LogP contribution in [0.4, 0.5) is 11.8 Å². The third-order valence-corrected chi connectivity index (χ3v) is 4.98. The molecule has 2 aliphatic rings. The first-order valence-electron chi connectivity index (χ1n) is 8.94. The summed E-state index contributed by atoms with van der Waals surface area (Å²) in [6.07, 6.45) is 3.49. The number of hydrogen-bond acceptors (Lipinski definition) is 7. The first-order chi connectivity index (χ1) is 12.3.